The summed E-state index contributed by atoms with van der Waals surface area (Å²) >= 11 is 0. The molecule has 26 heavy (non-hydrogen) atoms. The van der Waals surface area contributed by atoms with Crippen LogP contribution in [0.15, 0.2) is 0 Å². The first-order chi connectivity index (χ1) is 11.7. The Morgan fingerprint density at radius 1 is 0.654 bits per heavy atom. The molecule has 1 N–H and O–H groups in total. The van der Waals surface area contributed by atoms with Crippen LogP contribution in [0.25, 0.3) is 0 Å². The van der Waals surface area contributed by atoms with Gasteiger partial charge in [-0.2, -0.15) is 0 Å². The van der Waals surface area contributed by atoms with Gasteiger partial charge in [0.05, 0.1) is 19.4 Å². The van der Waals surface area contributed by atoms with Crippen LogP contribution in [-0.4, -0.2) is 82.8 Å². The van der Waals surface area contributed by atoms with Crippen molar-refractivity contribution in [2.45, 2.75) is 110 Å². The second-order valence-electron chi connectivity index (χ2n) is 6.71. The zero-order valence-electron chi connectivity index (χ0n) is 15.7. The second kappa shape index (κ2) is 25.9. The van der Waals surface area contributed by atoms with E-state index in [4.69, 9.17) is 9.84 Å². The molecule has 0 aliphatic carbocycles. The molecule has 0 atom stereocenters. The summed E-state index contributed by atoms with van der Waals surface area (Å²) in [5.74, 6) is -1.35. The Labute approximate surface area is 205 Å². The maximum atomic E-state index is 11.2. The number of carboxylic acids is 1. The molecule has 146 valence electrons. The summed E-state index contributed by atoms with van der Waals surface area (Å²) < 4.78 is 5.00. The van der Waals surface area contributed by atoms with Gasteiger partial charge in [-0.15, -0.1) is 0 Å². The third kappa shape index (κ3) is 27.2. The van der Waals surface area contributed by atoms with Gasteiger partial charge in [0, 0.05) is 0 Å². The number of rotatable bonds is 18. The molecule has 0 aromatic rings. The Hall–Kier alpha value is 0.940. The number of ether oxygens (including phenoxy) is 1. The standard InChI is InChI=1S/C20H38O4.2Na.2H/c1-2-3-4-5-6-7-8-9-10-11-12-13-14-15-18-24-20(23)17-16-19(21)22;;;;/h2-18H2,1H3,(H,21,22);;;;. The molecule has 0 saturated heterocycles. The number of hydrogen-bond acceptors (Lipinski definition) is 3. The topological polar surface area (TPSA) is 63.6 Å². The molecule has 0 heterocycles. The van der Waals surface area contributed by atoms with Crippen molar-refractivity contribution in [2.24, 2.45) is 0 Å². The fourth-order valence-electron chi connectivity index (χ4n) is 2.76. The summed E-state index contributed by atoms with van der Waals surface area (Å²) in [7, 11) is 0. The predicted molar refractivity (Wildman–Crippen MR) is 112 cm³/mol. The molecule has 0 saturated carbocycles. The van der Waals surface area contributed by atoms with Gasteiger partial charge < -0.3 is 9.84 Å². The molecule has 0 bridgehead atoms. The van der Waals surface area contributed by atoms with E-state index in [0.29, 0.717) is 6.61 Å². The van der Waals surface area contributed by atoms with E-state index in [1.54, 1.807) is 0 Å². The van der Waals surface area contributed by atoms with Crippen LogP contribution in [0.2, 0.25) is 0 Å². The predicted octanol–water partition coefficient (Wildman–Crippen LogP) is 4.58. The molecule has 0 amide bonds. The summed E-state index contributed by atoms with van der Waals surface area (Å²) in [5, 5.41) is 8.46. The van der Waals surface area contributed by atoms with E-state index in [2.05, 4.69) is 6.92 Å². The molecule has 0 spiro atoms. The van der Waals surface area contributed by atoms with E-state index in [1.165, 1.54) is 77.0 Å². The van der Waals surface area contributed by atoms with Crippen LogP contribution in [-0.2, 0) is 14.3 Å². The van der Waals surface area contributed by atoms with Gasteiger partial charge >= 0.3 is 71.1 Å². The molecular formula is C20H40Na2O4. The van der Waals surface area contributed by atoms with Crippen LogP contribution < -0.4 is 0 Å². The van der Waals surface area contributed by atoms with Gasteiger partial charge in [-0.25, -0.2) is 0 Å². The van der Waals surface area contributed by atoms with Gasteiger partial charge in [-0.1, -0.05) is 90.4 Å². The summed E-state index contributed by atoms with van der Waals surface area (Å²) in [4.78, 5) is 21.5. The zero-order valence-corrected chi connectivity index (χ0v) is 15.7. The van der Waals surface area contributed by atoms with Crippen LogP contribution in [0.1, 0.15) is 110 Å². The van der Waals surface area contributed by atoms with Crippen LogP contribution in [0.5, 0.6) is 0 Å². The number of carbonyl (C=O) groups excluding carboxylic acids is 1. The minimum atomic E-state index is -0.955. The Kier molecular flexibility index (Phi) is 31.6. The molecule has 0 aliphatic heterocycles. The van der Waals surface area contributed by atoms with Crippen molar-refractivity contribution >= 4 is 71.1 Å². The summed E-state index contributed by atoms with van der Waals surface area (Å²) in [6.45, 7) is 2.69. The molecular weight excluding hydrogens is 350 g/mol. The Balaban J connectivity index is -0.00000264. The molecule has 0 aromatic carbocycles. The number of unbranched alkanes of at least 4 members (excludes halogenated alkanes) is 13. The minimum absolute atomic E-state index is 0. The van der Waals surface area contributed by atoms with E-state index in [-0.39, 0.29) is 72.0 Å². The van der Waals surface area contributed by atoms with Crippen LogP contribution in [0.3, 0.4) is 0 Å². The average molecular weight is 391 g/mol. The van der Waals surface area contributed by atoms with Gasteiger partial charge in [-0.05, 0) is 6.42 Å². The quantitative estimate of drug-likeness (QED) is 0.211. The molecule has 0 radical (unpaired) electrons. The number of carboxylic acid groups (broad SMARTS) is 1. The van der Waals surface area contributed by atoms with Gasteiger partial charge in [0.1, 0.15) is 0 Å². The Morgan fingerprint density at radius 3 is 1.42 bits per heavy atom. The summed E-state index contributed by atoms with van der Waals surface area (Å²) in [6.07, 6.45) is 18.0. The van der Waals surface area contributed by atoms with E-state index < -0.39 is 11.9 Å². The van der Waals surface area contributed by atoms with Gasteiger partial charge in [0.25, 0.3) is 0 Å². The molecule has 0 fully saturated rings. The molecule has 6 heteroatoms. The Morgan fingerprint density at radius 2 is 1.04 bits per heavy atom. The molecule has 0 aliphatic rings. The fraction of sp³-hybridized carbons (Fsp3) is 0.900. The zero-order chi connectivity index (χ0) is 17.9. The van der Waals surface area contributed by atoms with Crippen LogP contribution in [0.4, 0.5) is 0 Å². The average Bonchev–Trinajstić information content (AvgIpc) is 2.56. The third-order valence-electron chi connectivity index (χ3n) is 4.30. The number of hydrogen-bond donors (Lipinski definition) is 1. The third-order valence-corrected chi connectivity index (χ3v) is 4.30. The van der Waals surface area contributed by atoms with Crippen molar-refractivity contribution in [3.63, 3.8) is 0 Å². The first-order valence-electron chi connectivity index (χ1n) is 10.0. The van der Waals surface area contributed by atoms with Crippen molar-refractivity contribution in [3.8, 4) is 0 Å². The van der Waals surface area contributed by atoms with Crippen LogP contribution in [0, 0.1) is 0 Å². The summed E-state index contributed by atoms with van der Waals surface area (Å²) in [5.41, 5.74) is 0. The first-order valence-corrected chi connectivity index (χ1v) is 10.0. The monoisotopic (exact) mass is 390 g/mol. The SMILES string of the molecule is CCCCCCCCCCCCCCCCOC(=O)CCC(=O)O.[NaH].[NaH]. The van der Waals surface area contributed by atoms with Crippen molar-refractivity contribution in [1.29, 1.82) is 0 Å². The van der Waals surface area contributed by atoms with E-state index in [1.807, 2.05) is 0 Å². The second-order valence-corrected chi connectivity index (χ2v) is 6.71. The van der Waals surface area contributed by atoms with Crippen molar-refractivity contribution in [3.05, 3.63) is 0 Å². The molecule has 0 rings (SSSR count). The fourth-order valence-corrected chi connectivity index (χ4v) is 2.76. The van der Waals surface area contributed by atoms with Crippen molar-refractivity contribution in [2.75, 3.05) is 6.61 Å². The van der Waals surface area contributed by atoms with Gasteiger partial charge in [-0.3, -0.25) is 9.59 Å². The maximum absolute atomic E-state index is 11.2. The van der Waals surface area contributed by atoms with E-state index in [0.717, 1.165) is 12.8 Å². The number of carbonyl (C=O) groups is 2. The van der Waals surface area contributed by atoms with Crippen molar-refractivity contribution < 1.29 is 19.4 Å². The van der Waals surface area contributed by atoms with Gasteiger partial charge in [0.2, 0.25) is 0 Å². The summed E-state index contributed by atoms with van der Waals surface area (Å²) in [6, 6.07) is 0. The number of esters is 1. The van der Waals surface area contributed by atoms with E-state index >= 15 is 0 Å². The van der Waals surface area contributed by atoms with Gasteiger partial charge in [0.15, 0.2) is 0 Å². The van der Waals surface area contributed by atoms with Crippen LogP contribution >= 0.6 is 0 Å². The Bertz CT molecular complexity index is 312. The normalized spacial score (nSPS) is 9.88. The molecule has 0 aromatic heterocycles. The van der Waals surface area contributed by atoms with Crippen molar-refractivity contribution in [1.82, 2.24) is 0 Å². The first kappa shape index (κ1) is 31.6. The molecule has 0 unspecified atom stereocenters. The molecule has 4 nitrogen and oxygen atoms in total. The van der Waals surface area contributed by atoms with E-state index in [9.17, 15) is 9.59 Å². The number of aliphatic carboxylic acids is 1.